The van der Waals surface area contributed by atoms with Crippen LogP contribution >= 0.6 is 0 Å². The molecule has 1 aliphatic carbocycles. The first kappa shape index (κ1) is 20.8. The summed E-state index contributed by atoms with van der Waals surface area (Å²) in [5.41, 5.74) is 2.07. The molecule has 1 aromatic heterocycles. The van der Waals surface area contributed by atoms with Gasteiger partial charge in [0.05, 0.1) is 31.0 Å². The van der Waals surface area contributed by atoms with Crippen LogP contribution in [0, 0.1) is 0 Å². The lowest BCUT2D eigenvalue weighted by Crippen LogP contribution is -2.49. The van der Waals surface area contributed by atoms with Crippen LogP contribution in [0.5, 0.6) is 5.75 Å². The molecule has 0 unspecified atom stereocenters. The molecule has 3 atom stereocenters. The Morgan fingerprint density at radius 1 is 1.23 bits per heavy atom. The number of piperidine rings is 1. The van der Waals surface area contributed by atoms with Gasteiger partial charge in [-0.3, -0.25) is 4.79 Å². The van der Waals surface area contributed by atoms with Crippen LogP contribution in [0.2, 0.25) is 0 Å². The van der Waals surface area contributed by atoms with Crippen molar-refractivity contribution in [2.24, 2.45) is 0 Å². The second-order valence-corrected chi connectivity index (χ2v) is 8.56. The largest absolute Gasteiger partial charge is 0.497 e. The number of nitrogens with zero attached hydrogens (tertiary/aromatic N) is 4. The van der Waals surface area contributed by atoms with E-state index >= 15 is 0 Å². The molecule has 1 amide bonds. The van der Waals surface area contributed by atoms with Crippen LogP contribution < -0.4 is 4.74 Å². The average molecular weight is 413 g/mol. The minimum absolute atomic E-state index is 0.105. The summed E-state index contributed by atoms with van der Waals surface area (Å²) < 4.78 is 7.11. The summed E-state index contributed by atoms with van der Waals surface area (Å²) in [5.74, 6) is 1.42. The van der Waals surface area contributed by atoms with Gasteiger partial charge in [-0.25, -0.2) is 4.68 Å². The zero-order valence-electron chi connectivity index (χ0n) is 17.9. The lowest BCUT2D eigenvalue weighted by Gasteiger charge is -2.42. The van der Waals surface area contributed by atoms with Crippen molar-refractivity contribution in [3.63, 3.8) is 0 Å². The highest BCUT2D eigenvalue weighted by atomic mass is 16.5. The number of ether oxygens (including phenoxy) is 1. The summed E-state index contributed by atoms with van der Waals surface area (Å²) in [6.07, 6.45) is 7.79. The van der Waals surface area contributed by atoms with Crippen LogP contribution in [0.15, 0.2) is 30.5 Å². The van der Waals surface area contributed by atoms with Crippen LogP contribution in [0.25, 0.3) is 0 Å². The Kier molecular flexibility index (Phi) is 6.37. The summed E-state index contributed by atoms with van der Waals surface area (Å²) in [5, 5.41) is 19.6. The fourth-order valence-electron chi connectivity index (χ4n) is 4.35. The summed E-state index contributed by atoms with van der Waals surface area (Å²) in [6, 6.07) is 7.58. The SMILES string of the molecule is CCCCCC(=O)N1C[C@@H](O)[C@H](n2cc(C3CC3)nn2)C[C@@H]1c1ccc(OC)cc1. The third-order valence-electron chi connectivity index (χ3n) is 6.35. The predicted molar refractivity (Wildman–Crippen MR) is 113 cm³/mol. The monoisotopic (exact) mass is 412 g/mol. The van der Waals surface area contributed by atoms with Gasteiger partial charge in [0.15, 0.2) is 0 Å². The molecule has 1 saturated heterocycles. The molecule has 0 bridgehead atoms. The molecule has 1 saturated carbocycles. The quantitative estimate of drug-likeness (QED) is 0.670. The minimum atomic E-state index is -0.664. The maximum atomic E-state index is 13.0. The van der Waals surface area contributed by atoms with E-state index in [1.165, 1.54) is 12.8 Å². The molecule has 2 heterocycles. The van der Waals surface area contributed by atoms with Crippen LogP contribution in [-0.4, -0.2) is 50.7 Å². The predicted octanol–water partition coefficient (Wildman–Crippen LogP) is 3.62. The van der Waals surface area contributed by atoms with Gasteiger partial charge in [0.25, 0.3) is 0 Å². The molecule has 162 valence electrons. The van der Waals surface area contributed by atoms with Crippen molar-refractivity contribution in [2.75, 3.05) is 13.7 Å². The number of amides is 1. The number of likely N-dealkylation sites (tertiary alicyclic amines) is 1. The maximum absolute atomic E-state index is 13.0. The molecule has 1 N–H and O–H groups in total. The Balaban J connectivity index is 1.57. The molecule has 2 fully saturated rings. The van der Waals surface area contributed by atoms with Crippen molar-refractivity contribution >= 4 is 5.91 Å². The van der Waals surface area contributed by atoms with Crippen molar-refractivity contribution in [2.45, 2.75) is 76.0 Å². The minimum Gasteiger partial charge on any atom is -0.497 e. The van der Waals surface area contributed by atoms with Crippen molar-refractivity contribution in [3.05, 3.63) is 41.7 Å². The number of aliphatic hydroxyl groups excluding tert-OH is 1. The first-order chi connectivity index (χ1) is 14.6. The molecule has 2 aliphatic rings. The molecule has 1 aliphatic heterocycles. The summed E-state index contributed by atoms with van der Waals surface area (Å²) in [7, 11) is 1.65. The van der Waals surface area contributed by atoms with Crippen molar-refractivity contribution in [1.82, 2.24) is 19.9 Å². The Bertz CT molecular complexity index is 846. The van der Waals surface area contributed by atoms with Crippen LogP contribution in [0.1, 0.15) is 81.1 Å². The second-order valence-electron chi connectivity index (χ2n) is 8.56. The molecule has 0 radical (unpaired) electrons. The number of rotatable bonds is 8. The average Bonchev–Trinajstić information content (AvgIpc) is 3.51. The molecular formula is C23H32N4O3. The molecule has 30 heavy (non-hydrogen) atoms. The van der Waals surface area contributed by atoms with E-state index in [-0.39, 0.29) is 18.0 Å². The molecule has 4 rings (SSSR count). The lowest BCUT2D eigenvalue weighted by molar-refractivity contribution is -0.140. The Morgan fingerprint density at radius 2 is 2.00 bits per heavy atom. The molecule has 7 heteroatoms. The number of carbonyl (C=O) groups excluding carboxylic acids is 1. The number of methoxy groups -OCH3 is 1. The Labute approximate surface area is 178 Å². The molecule has 7 nitrogen and oxygen atoms in total. The third kappa shape index (κ3) is 4.51. The molecule has 0 spiro atoms. The second kappa shape index (κ2) is 9.16. The highest BCUT2D eigenvalue weighted by molar-refractivity contribution is 5.77. The highest BCUT2D eigenvalue weighted by Crippen LogP contribution is 2.41. The fourth-order valence-corrected chi connectivity index (χ4v) is 4.35. The number of aromatic nitrogens is 3. The van der Waals surface area contributed by atoms with E-state index in [0.29, 0.717) is 25.3 Å². The lowest BCUT2D eigenvalue weighted by atomic mass is 9.89. The van der Waals surface area contributed by atoms with Crippen LogP contribution in [0.4, 0.5) is 0 Å². The zero-order valence-corrected chi connectivity index (χ0v) is 17.9. The van der Waals surface area contributed by atoms with Crippen LogP contribution in [-0.2, 0) is 4.79 Å². The number of hydrogen-bond acceptors (Lipinski definition) is 5. The maximum Gasteiger partial charge on any atom is 0.223 e. The van der Waals surface area contributed by atoms with Gasteiger partial charge in [-0.15, -0.1) is 5.10 Å². The van der Waals surface area contributed by atoms with E-state index in [0.717, 1.165) is 36.3 Å². The van der Waals surface area contributed by atoms with Crippen LogP contribution in [0.3, 0.4) is 0 Å². The zero-order chi connectivity index (χ0) is 21.1. The van der Waals surface area contributed by atoms with Gasteiger partial charge in [0.2, 0.25) is 5.91 Å². The number of benzene rings is 1. The summed E-state index contributed by atoms with van der Waals surface area (Å²) in [6.45, 7) is 2.44. The Morgan fingerprint density at radius 3 is 2.67 bits per heavy atom. The third-order valence-corrected chi connectivity index (χ3v) is 6.35. The first-order valence-corrected chi connectivity index (χ1v) is 11.1. The Hall–Kier alpha value is -2.41. The van der Waals surface area contributed by atoms with Crippen molar-refractivity contribution in [3.8, 4) is 5.75 Å². The van der Waals surface area contributed by atoms with Gasteiger partial charge in [0, 0.05) is 25.1 Å². The number of unbranched alkanes of at least 4 members (excludes halogenated alkanes) is 2. The molecule has 1 aromatic carbocycles. The summed E-state index contributed by atoms with van der Waals surface area (Å²) in [4.78, 5) is 14.9. The van der Waals surface area contributed by atoms with Gasteiger partial charge >= 0.3 is 0 Å². The summed E-state index contributed by atoms with van der Waals surface area (Å²) >= 11 is 0. The van der Waals surface area contributed by atoms with Gasteiger partial charge in [0.1, 0.15) is 5.75 Å². The normalized spacial score (nSPS) is 24.1. The van der Waals surface area contributed by atoms with E-state index in [1.54, 1.807) is 7.11 Å². The van der Waals surface area contributed by atoms with E-state index in [9.17, 15) is 9.90 Å². The molecule has 2 aromatic rings. The van der Waals surface area contributed by atoms with Crippen molar-refractivity contribution in [1.29, 1.82) is 0 Å². The van der Waals surface area contributed by atoms with E-state index in [4.69, 9.17) is 4.74 Å². The van der Waals surface area contributed by atoms with E-state index in [2.05, 4.69) is 17.2 Å². The topological polar surface area (TPSA) is 80.5 Å². The number of carbonyl (C=O) groups is 1. The fraction of sp³-hybridized carbons (Fsp3) is 0.609. The van der Waals surface area contributed by atoms with Gasteiger partial charge in [-0.05, 0) is 43.4 Å². The smallest absolute Gasteiger partial charge is 0.223 e. The highest BCUT2D eigenvalue weighted by Gasteiger charge is 2.39. The van der Waals surface area contributed by atoms with Crippen molar-refractivity contribution < 1.29 is 14.6 Å². The van der Waals surface area contributed by atoms with Gasteiger partial charge in [-0.1, -0.05) is 37.1 Å². The van der Waals surface area contributed by atoms with Gasteiger partial charge in [-0.2, -0.15) is 0 Å². The van der Waals surface area contributed by atoms with Gasteiger partial charge < -0.3 is 14.7 Å². The van der Waals surface area contributed by atoms with E-state index in [1.807, 2.05) is 40.0 Å². The number of β-amino-alcohol motifs (C(OH)–C–C–N with tert-alkyl or cyclic N) is 1. The van der Waals surface area contributed by atoms with E-state index < -0.39 is 6.10 Å². The molecular weight excluding hydrogens is 380 g/mol. The standard InChI is InChI=1S/C23H32N4O3/c1-3-4-5-6-23(29)26-15-22(28)21(27-14-19(24-25-27)16-7-8-16)13-20(26)17-9-11-18(30-2)12-10-17/h9-12,14,16,20-22,28H,3-8,13,15H2,1-2H3/t20-,21-,22-/m1/s1. The number of aliphatic hydroxyl groups is 1. The number of hydrogen-bond donors (Lipinski definition) is 1. The first-order valence-electron chi connectivity index (χ1n) is 11.1.